The van der Waals surface area contributed by atoms with Crippen LogP contribution >= 0.6 is 11.8 Å². The molecular weight excluding hydrogens is 706 g/mol. The summed E-state index contributed by atoms with van der Waals surface area (Å²) in [4.78, 5) is 29.5. The Hall–Kier alpha value is -4.41. The molecule has 0 aromatic heterocycles. The lowest BCUT2D eigenvalue weighted by molar-refractivity contribution is -0.191. The van der Waals surface area contributed by atoms with Crippen molar-refractivity contribution in [2.45, 2.75) is 68.3 Å². The van der Waals surface area contributed by atoms with E-state index in [0.717, 1.165) is 16.7 Å². The Balaban J connectivity index is 1.32. The van der Waals surface area contributed by atoms with E-state index in [4.69, 9.17) is 28.4 Å². The highest BCUT2D eigenvalue weighted by Crippen LogP contribution is 2.64. The minimum Gasteiger partial charge on any atom is -0.504 e. The van der Waals surface area contributed by atoms with Crippen LogP contribution in [0.5, 0.6) is 40.2 Å². The summed E-state index contributed by atoms with van der Waals surface area (Å²) in [6, 6.07) is 3.33. The van der Waals surface area contributed by atoms with Crippen molar-refractivity contribution in [3.63, 3.8) is 0 Å². The van der Waals surface area contributed by atoms with E-state index in [1.54, 1.807) is 12.1 Å². The number of aliphatic hydroxyl groups is 1. The number of hydrogen-bond donors (Lipinski definition) is 5. The van der Waals surface area contributed by atoms with E-state index in [0.29, 0.717) is 63.8 Å². The Morgan fingerprint density at radius 1 is 1.02 bits per heavy atom. The maximum absolute atomic E-state index is 14.7. The number of phenols is 2. The molecule has 2 saturated heterocycles. The number of carbonyl (C=O) groups is 2. The highest BCUT2D eigenvalue weighted by atomic mass is 32.2. The average Bonchev–Trinajstić information content (AvgIpc) is 3.52. The van der Waals surface area contributed by atoms with Crippen LogP contribution in [0.25, 0.3) is 0 Å². The summed E-state index contributed by atoms with van der Waals surface area (Å²) in [6.45, 7) is 5.34. The van der Waals surface area contributed by atoms with Gasteiger partial charge in [-0.15, -0.1) is 11.8 Å². The van der Waals surface area contributed by atoms with Crippen molar-refractivity contribution in [1.29, 1.82) is 0 Å². The number of benzene rings is 3. The predicted molar refractivity (Wildman–Crippen MR) is 190 cm³/mol. The molecule has 5 N–H and O–H groups in total. The number of nitrogens with one attached hydrogen (secondary N) is 2. The van der Waals surface area contributed by atoms with Gasteiger partial charge in [0.1, 0.15) is 18.1 Å². The van der Waals surface area contributed by atoms with Gasteiger partial charge in [0.2, 0.25) is 6.79 Å². The quantitative estimate of drug-likeness (QED) is 0.195. The van der Waals surface area contributed by atoms with Crippen molar-refractivity contribution >= 4 is 23.7 Å². The number of carbonyl (C=O) groups excluding carboxylic acids is 2. The molecule has 8 aliphatic rings. The number of fused-ring (bicyclic) bond motifs is 6. The van der Waals surface area contributed by atoms with Crippen molar-refractivity contribution in [3.05, 3.63) is 62.7 Å². The fraction of sp³-hybridized carbons (Fsp3) is 0.474. The van der Waals surface area contributed by atoms with E-state index >= 15 is 0 Å². The van der Waals surface area contributed by atoms with Crippen LogP contribution in [0.1, 0.15) is 68.8 Å². The first-order valence-corrected chi connectivity index (χ1v) is 18.7. The Morgan fingerprint density at radius 2 is 1.81 bits per heavy atom. The minimum atomic E-state index is -1.52. The number of phenolic OH excluding ortho intramolecular Hbond substituents is 2. The highest BCUT2D eigenvalue weighted by molar-refractivity contribution is 7.99. The van der Waals surface area contributed by atoms with Crippen LogP contribution in [0.2, 0.25) is 0 Å². The van der Waals surface area contributed by atoms with E-state index in [2.05, 4.69) is 10.6 Å². The Bertz CT molecular complexity index is 2110. The lowest BCUT2D eigenvalue weighted by Gasteiger charge is -2.58. The highest BCUT2D eigenvalue weighted by Gasteiger charge is 2.62. The molecule has 8 aliphatic heterocycles. The normalized spacial score (nSPS) is 30.4. The number of hydrogen-bond acceptors (Lipinski definition) is 15. The van der Waals surface area contributed by atoms with Gasteiger partial charge in [0, 0.05) is 60.5 Å². The fourth-order valence-corrected chi connectivity index (χ4v) is 11.4. The lowest BCUT2D eigenvalue weighted by atomic mass is 9.78. The van der Waals surface area contributed by atoms with Crippen LogP contribution in [0.4, 0.5) is 0 Å². The smallest absolute Gasteiger partial charge is 0.331 e. The Morgan fingerprint density at radius 3 is 2.57 bits per heavy atom. The van der Waals surface area contributed by atoms with Gasteiger partial charge < -0.3 is 49.1 Å². The summed E-state index contributed by atoms with van der Waals surface area (Å²) in [5.41, 5.74) is 2.51. The van der Waals surface area contributed by atoms with E-state index in [1.807, 2.05) is 24.8 Å². The molecule has 53 heavy (non-hydrogen) atoms. The Labute approximate surface area is 309 Å². The van der Waals surface area contributed by atoms with Gasteiger partial charge in [-0.25, -0.2) is 4.79 Å². The molecule has 8 heterocycles. The van der Waals surface area contributed by atoms with E-state index < -0.39 is 46.6 Å². The van der Waals surface area contributed by atoms with Crippen molar-refractivity contribution in [1.82, 2.24) is 15.5 Å². The molecule has 0 saturated carbocycles. The summed E-state index contributed by atoms with van der Waals surface area (Å²) in [7, 11) is 2.97. The molecule has 3 aromatic carbocycles. The number of piperazine rings is 1. The predicted octanol–water partition coefficient (Wildman–Crippen LogP) is 3.07. The summed E-state index contributed by atoms with van der Waals surface area (Å²) < 4.78 is 35.8. The molecular formula is C38H41N3O11S. The minimum absolute atomic E-state index is 0.0101. The first-order chi connectivity index (χ1) is 25.4. The molecule has 1 spiro atoms. The van der Waals surface area contributed by atoms with E-state index in [1.165, 1.54) is 32.9 Å². The number of thioether (sulfide) groups is 1. The zero-order valence-electron chi connectivity index (χ0n) is 30.0. The number of rotatable bonds is 3. The van der Waals surface area contributed by atoms with Gasteiger partial charge in [-0.05, 0) is 54.7 Å². The first kappa shape index (κ1) is 34.4. The third-order valence-corrected chi connectivity index (χ3v) is 13.2. The Kier molecular flexibility index (Phi) is 7.81. The van der Waals surface area contributed by atoms with Gasteiger partial charge in [-0.3, -0.25) is 15.0 Å². The monoisotopic (exact) mass is 747 g/mol. The maximum atomic E-state index is 14.7. The molecule has 0 aliphatic carbocycles. The van der Waals surface area contributed by atoms with Crippen LogP contribution < -0.4 is 34.3 Å². The van der Waals surface area contributed by atoms with Gasteiger partial charge in [-0.1, -0.05) is 6.07 Å². The van der Waals surface area contributed by atoms with Crippen LogP contribution in [0, 0.1) is 13.8 Å². The topological polar surface area (TPSA) is 178 Å². The van der Waals surface area contributed by atoms with Crippen molar-refractivity contribution in [2.75, 3.05) is 46.5 Å². The van der Waals surface area contributed by atoms with Crippen LogP contribution in [-0.2, 0) is 32.7 Å². The summed E-state index contributed by atoms with van der Waals surface area (Å²) in [5.74, 6) is 0.831. The summed E-state index contributed by atoms with van der Waals surface area (Å²) in [6.07, 6.45) is 0.718. The number of ether oxygens (including phenoxy) is 6. The maximum Gasteiger partial charge on any atom is 0.331 e. The molecule has 0 amide bonds. The van der Waals surface area contributed by atoms with Gasteiger partial charge in [0.15, 0.2) is 40.0 Å². The number of esters is 2. The molecule has 3 unspecified atom stereocenters. The second-order valence-electron chi connectivity index (χ2n) is 14.6. The van der Waals surface area contributed by atoms with Crippen LogP contribution in [-0.4, -0.2) is 90.4 Å². The average molecular weight is 748 g/mol. The number of aryl methyl sites for hydroxylation is 1. The number of aromatic hydroxyl groups is 2. The van der Waals surface area contributed by atoms with Crippen LogP contribution in [0.15, 0.2) is 18.2 Å². The van der Waals surface area contributed by atoms with E-state index in [9.17, 15) is 24.9 Å². The zero-order valence-corrected chi connectivity index (χ0v) is 30.8. The SMILES string of the molecule is COc1cc2c(cc1O)CCN[C@]21CS[C@@H]2c3c(OC(C)=O)c(C)c4c(c3[C@H](COC1=O)N1C2C2NC[C@@]1(O)Cc1cc(C)c(OC)c(O)c12)OCO4. The molecule has 11 rings (SSSR count). The molecule has 280 valence electrons. The van der Waals surface area contributed by atoms with Crippen molar-refractivity contribution in [2.24, 2.45) is 0 Å². The fourth-order valence-electron chi connectivity index (χ4n) is 9.69. The lowest BCUT2D eigenvalue weighted by Crippen LogP contribution is -2.70. The number of nitrogens with zero attached hydrogens (tertiary/aromatic N) is 1. The van der Waals surface area contributed by atoms with Gasteiger partial charge in [0.25, 0.3) is 0 Å². The molecule has 4 bridgehead atoms. The standard InChI is InChI=1S/C38H41N3O11S/c1-16-8-20-11-37(46)13-39-28(25(20)30(44)31(16)48-5)29-35-27-26(34-33(50-15-51-34)17(2)32(27)52-18(3)42)22(41(29)37)12-49-36(45)38(14-53-35)21-10-24(47-4)23(43)9-19(21)6-7-40-38/h8-10,22,28-29,35,39-40,43-44,46H,6-7,11-15H2,1-5H3/t22-,28?,29?,35+,37-,38+/m0/s1. The largest absolute Gasteiger partial charge is 0.504 e. The molecule has 2 fully saturated rings. The van der Waals surface area contributed by atoms with Gasteiger partial charge in [-0.2, -0.15) is 0 Å². The van der Waals surface area contributed by atoms with Gasteiger partial charge >= 0.3 is 11.9 Å². The first-order valence-electron chi connectivity index (χ1n) is 17.6. The molecule has 3 aromatic rings. The second kappa shape index (κ2) is 12.0. The van der Waals surface area contributed by atoms with Crippen molar-refractivity contribution in [3.8, 4) is 40.2 Å². The van der Waals surface area contributed by atoms with Crippen molar-refractivity contribution < 1.29 is 53.3 Å². The summed E-state index contributed by atoms with van der Waals surface area (Å²) >= 11 is 1.45. The number of methoxy groups -OCH3 is 2. The second-order valence-corrected chi connectivity index (χ2v) is 15.7. The third kappa shape index (κ3) is 4.73. The summed E-state index contributed by atoms with van der Waals surface area (Å²) in [5, 5.41) is 42.0. The van der Waals surface area contributed by atoms with E-state index in [-0.39, 0.29) is 49.4 Å². The third-order valence-electron chi connectivity index (χ3n) is 11.8. The van der Waals surface area contributed by atoms with Crippen LogP contribution in [0.3, 0.4) is 0 Å². The molecule has 14 nitrogen and oxygen atoms in total. The molecule has 15 heteroatoms. The molecule has 7 atom stereocenters. The zero-order chi connectivity index (χ0) is 37.1. The molecule has 0 radical (unpaired) electrons. The van der Waals surface area contributed by atoms with Gasteiger partial charge in [0.05, 0.1) is 31.6 Å².